The zero-order valence-electron chi connectivity index (χ0n) is 25.0. The lowest BCUT2D eigenvalue weighted by Crippen LogP contribution is -2.53. The molecule has 0 aromatic heterocycles. The summed E-state index contributed by atoms with van der Waals surface area (Å²) in [5.41, 5.74) is 0. The molecule has 0 amide bonds. The molecule has 43 heavy (non-hydrogen) atoms. The van der Waals surface area contributed by atoms with Crippen LogP contribution in [0.2, 0.25) is 0 Å². The summed E-state index contributed by atoms with van der Waals surface area (Å²) in [6.07, 6.45) is -14.2. The van der Waals surface area contributed by atoms with Crippen molar-refractivity contribution in [2.24, 2.45) is 0 Å². The van der Waals surface area contributed by atoms with Gasteiger partial charge >= 0.3 is 0 Å². The van der Waals surface area contributed by atoms with Gasteiger partial charge in [0.1, 0.15) is 36.6 Å². The second-order valence-corrected chi connectivity index (χ2v) is 9.62. The predicted octanol–water partition coefficient (Wildman–Crippen LogP) is -5.72. The molecular formula is C26H55NO16. The molecule has 17 heteroatoms. The van der Waals surface area contributed by atoms with Crippen LogP contribution in [0.4, 0.5) is 0 Å². The van der Waals surface area contributed by atoms with Gasteiger partial charge in [0, 0.05) is 26.2 Å². The zero-order chi connectivity index (χ0) is 32.5. The van der Waals surface area contributed by atoms with Crippen LogP contribution in [-0.4, -0.2) is 217 Å². The second-order valence-electron chi connectivity index (χ2n) is 9.62. The summed E-state index contributed by atoms with van der Waals surface area (Å²) in [6, 6.07) is 0. The van der Waals surface area contributed by atoms with Gasteiger partial charge in [-0.15, -0.1) is 0 Å². The van der Waals surface area contributed by atoms with Crippen molar-refractivity contribution in [1.29, 1.82) is 0 Å². The van der Waals surface area contributed by atoms with E-state index in [0.717, 1.165) is 0 Å². The number of aliphatic hydroxyl groups excluding tert-OH is 10. The maximum atomic E-state index is 10.3. The SMILES string of the molecule is CCOCCOCCOCCOCCOCCOCCN(C[C@H](O)[C@@H](O)[C@H](O)[C@H](O)CO)C[C@H](O)[C@@H](O)[C@H](O)[C@H](O)CO. The summed E-state index contributed by atoms with van der Waals surface area (Å²) >= 11 is 0. The van der Waals surface area contributed by atoms with Crippen molar-refractivity contribution in [3.8, 4) is 0 Å². The molecule has 0 saturated heterocycles. The van der Waals surface area contributed by atoms with Crippen LogP contribution in [0.5, 0.6) is 0 Å². The number of hydrogen-bond donors (Lipinski definition) is 10. The minimum atomic E-state index is -1.86. The minimum absolute atomic E-state index is 0.0471. The number of aliphatic hydroxyl groups is 10. The Balaban J connectivity index is 4.34. The van der Waals surface area contributed by atoms with Crippen molar-refractivity contribution in [3.05, 3.63) is 0 Å². The minimum Gasteiger partial charge on any atom is -0.394 e. The highest BCUT2D eigenvalue weighted by Gasteiger charge is 2.34. The third-order valence-electron chi connectivity index (χ3n) is 6.16. The molecule has 0 aromatic rings. The fourth-order valence-corrected chi connectivity index (χ4v) is 3.57. The molecule has 0 rings (SSSR count). The monoisotopic (exact) mass is 637 g/mol. The largest absolute Gasteiger partial charge is 0.394 e. The summed E-state index contributed by atoms with van der Waals surface area (Å²) in [5, 5.41) is 97.6. The van der Waals surface area contributed by atoms with Crippen LogP contribution in [-0.2, 0) is 28.4 Å². The molecule has 0 unspecified atom stereocenters. The highest BCUT2D eigenvalue weighted by molar-refractivity contribution is 4.86. The second kappa shape index (κ2) is 27.6. The van der Waals surface area contributed by atoms with Crippen LogP contribution in [0.3, 0.4) is 0 Å². The smallest absolute Gasteiger partial charge is 0.111 e. The molecule has 0 heterocycles. The van der Waals surface area contributed by atoms with Crippen LogP contribution < -0.4 is 0 Å². The Hall–Kier alpha value is -0.680. The van der Waals surface area contributed by atoms with Crippen molar-refractivity contribution in [2.45, 2.75) is 55.8 Å². The zero-order valence-corrected chi connectivity index (χ0v) is 25.0. The standard InChI is InChI=1S/C26H55NO16/c1-2-38-5-6-40-9-10-42-13-14-43-12-11-41-8-7-39-4-3-27(15-19(30)23(34)25(36)21(32)17-28)16-20(31)24(35)26(37)22(33)18-29/h19-26,28-37H,2-18H2,1H3/t19-,20-,21+,22+,23+,24+,25+,26+/m0/s1. The van der Waals surface area contributed by atoms with Gasteiger partial charge in [0.25, 0.3) is 0 Å². The van der Waals surface area contributed by atoms with E-state index in [9.17, 15) is 40.9 Å². The van der Waals surface area contributed by atoms with Gasteiger partial charge in [0.2, 0.25) is 0 Å². The van der Waals surface area contributed by atoms with Crippen molar-refractivity contribution >= 4 is 0 Å². The Labute approximate surface area is 252 Å². The molecule has 8 atom stereocenters. The van der Waals surface area contributed by atoms with Gasteiger partial charge in [-0.1, -0.05) is 0 Å². The lowest BCUT2D eigenvalue weighted by Gasteiger charge is -2.33. The van der Waals surface area contributed by atoms with E-state index in [-0.39, 0.29) is 39.5 Å². The Bertz CT molecular complexity index is 582. The van der Waals surface area contributed by atoms with Crippen LogP contribution in [0.15, 0.2) is 0 Å². The average molecular weight is 638 g/mol. The third-order valence-corrected chi connectivity index (χ3v) is 6.16. The number of rotatable bonds is 31. The van der Waals surface area contributed by atoms with Gasteiger partial charge in [-0.2, -0.15) is 0 Å². The molecule has 0 aliphatic carbocycles. The molecule has 0 saturated carbocycles. The molecule has 17 nitrogen and oxygen atoms in total. The van der Waals surface area contributed by atoms with Gasteiger partial charge < -0.3 is 79.5 Å². The molecule has 0 spiro atoms. The topological polar surface area (TPSA) is 261 Å². The van der Waals surface area contributed by atoms with Crippen LogP contribution >= 0.6 is 0 Å². The van der Waals surface area contributed by atoms with E-state index >= 15 is 0 Å². The number of hydrogen-bond acceptors (Lipinski definition) is 17. The van der Waals surface area contributed by atoms with E-state index in [1.165, 1.54) is 4.90 Å². The normalized spacial score (nSPS) is 17.9. The van der Waals surface area contributed by atoms with Crippen molar-refractivity contribution < 1.29 is 79.5 Å². The van der Waals surface area contributed by atoms with Crippen molar-refractivity contribution in [3.63, 3.8) is 0 Å². The van der Waals surface area contributed by atoms with E-state index in [0.29, 0.717) is 59.5 Å². The molecular weight excluding hydrogens is 582 g/mol. The van der Waals surface area contributed by atoms with Crippen LogP contribution in [0.1, 0.15) is 6.92 Å². The Morgan fingerprint density at radius 1 is 0.419 bits per heavy atom. The third kappa shape index (κ3) is 20.9. The van der Waals surface area contributed by atoms with E-state index in [1.54, 1.807) is 0 Å². The fourth-order valence-electron chi connectivity index (χ4n) is 3.57. The van der Waals surface area contributed by atoms with Gasteiger partial charge in [-0.3, -0.25) is 4.90 Å². The van der Waals surface area contributed by atoms with Crippen molar-refractivity contribution in [1.82, 2.24) is 4.90 Å². The van der Waals surface area contributed by atoms with Crippen molar-refractivity contribution in [2.75, 3.05) is 112 Å². The van der Waals surface area contributed by atoms with Crippen LogP contribution in [0.25, 0.3) is 0 Å². The van der Waals surface area contributed by atoms with Gasteiger partial charge in [-0.25, -0.2) is 0 Å². The maximum Gasteiger partial charge on any atom is 0.111 e. The summed E-state index contributed by atoms with van der Waals surface area (Å²) < 4.78 is 32.2. The molecule has 0 aromatic carbocycles. The quantitative estimate of drug-likeness (QED) is 0.0318. The maximum absolute atomic E-state index is 10.3. The number of ether oxygens (including phenoxy) is 6. The number of nitrogens with zero attached hydrogens (tertiary/aromatic N) is 1. The molecule has 0 bridgehead atoms. The first kappa shape index (κ1) is 42.3. The lowest BCUT2D eigenvalue weighted by atomic mass is 10.0. The Morgan fingerprint density at radius 2 is 0.698 bits per heavy atom. The molecule has 0 fully saturated rings. The van der Waals surface area contributed by atoms with Gasteiger partial charge in [-0.05, 0) is 6.92 Å². The summed E-state index contributed by atoms with van der Waals surface area (Å²) in [5.74, 6) is 0. The average Bonchev–Trinajstić information content (AvgIpc) is 3.01. The first-order chi connectivity index (χ1) is 20.6. The summed E-state index contributed by atoms with van der Waals surface area (Å²) in [6.45, 7) is 4.21. The summed E-state index contributed by atoms with van der Waals surface area (Å²) in [4.78, 5) is 1.35. The first-order valence-corrected chi connectivity index (χ1v) is 14.5. The highest BCUT2D eigenvalue weighted by atomic mass is 16.6. The predicted molar refractivity (Wildman–Crippen MR) is 149 cm³/mol. The van der Waals surface area contributed by atoms with E-state index in [4.69, 9.17) is 38.6 Å². The van der Waals surface area contributed by atoms with Crippen LogP contribution in [0, 0.1) is 0 Å². The Kier molecular flexibility index (Phi) is 27.2. The van der Waals surface area contributed by atoms with Gasteiger partial charge in [0.05, 0.1) is 98.1 Å². The molecule has 0 aliphatic rings. The first-order valence-electron chi connectivity index (χ1n) is 14.5. The molecule has 10 N–H and O–H groups in total. The molecule has 0 radical (unpaired) electrons. The highest BCUT2D eigenvalue weighted by Crippen LogP contribution is 2.10. The Morgan fingerprint density at radius 3 is 1.00 bits per heavy atom. The van der Waals surface area contributed by atoms with E-state index in [2.05, 4.69) is 0 Å². The molecule has 0 aliphatic heterocycles. The fraction of sp³-hybridized carbons (Fsp3) is 1.00. The van der Waals surface area contributed by atoms with E-state index < -0.39 is 62.0 Å². The molecule has 260 valence electrons. The lowest BCUT2D eigenvalue weighted by molar-refractivity contribution is -0.131. The summed E-state index contributed by atoms with van der Waals surface area (Å²) in [7, 11) is 0. The van der Waals surface area contributed by atoms with Gasteiger partial charge in [0.15, 0.2) is 0 Å². The van der Waals surface area contributed by atoms with E-state index in [1.807, 2.05) is 6.92 Å².